The predicted molar refractivity (Wildman–Crippen MR) is 73.7 cm³/mol. The third kappa shape index (κ3) is 1.55. The summed E-state index contributed by atoms with van der Waals surface area (Å²) in [4.78, 5) is 25.2. The zero-order valence-electron chi connectivity index (χ0n) is 11.6. The molecule has 2 heteroatoms. The van der Waals surface area contributed by atoms with Gasteiger partial charge in [-0.25, -0.2) is 0 Å². The standard InChI is InChI=1S/C17H20O2/c1-16(2)13-8-9-17(16,15(19)11-13)14(18)10-12-6-4-3-5-7-12/h3-7,13H,8-11H2,1-2H3. The average molecular weight is 256 g/mol. The van der Waals surface area contributed by atoms with Gasteiger partial charge in [0, 0.05) is 12.8 Å². The van der Waals surface area contributed by atoms with Crippen LogP contribution in [0.15, 0.2) is 30.3 Å². The van der Waals surface area contributed by atoms with E-state index in [1.54, 1.807) is 0 Å². The predicted octanol–water partition coefficient (Wildman–Crippen LogP) is 3.19. The Kier molecular flexibility index (Phi) is 2.67. The van der Waals surface area contributed by atoms with E-state index in [2.05, 4.69) is 13.8 Å². The van der Waals surface area contributed by atoms with Crippen molar-refractivity contribution in [3.05, 3.63) is 35.9 Å². The number of fused-ring (bicyclic) bond motifs is 2. The maximum Gasteiger partial charge on any atom is 0.151 e. The number of benzene rings is 1. The molecule has 0 spiro atoms. The second-order valence-electron chi connectivity index (χ2n) is 6.58. The van der Waals surface area contributed by atoms with Gasteiger partial charge in [0.2, 0.25) is 0 Å². The first-order valence-electron chi connectivity index (χ1n) is 7.09. The molecule has 2 aliphatic rings. The fourth-order valence-corrected chi connectivity index (χ4v) is 4.26. The molecule has 2 nitrogen and oxygen atoms in total. The van der Waals surface area contributed by atoms with Gasteiger partial charge < -0.3 is 0 Å². The van der Waals surface area contributed by atoms with Crippen molar-refractivity contribution in [2.75, 3.05) is 0 Å². The van der Waals surface area contributed by atoms with Gasteiger partial charge >= 0.3 is 0 Å². The van der Waals surface area contributed by atoms with Crippen molar-refractivity contribution >= 4 is 11.6 Å². The van der Waals surface area contributed by atoms with Gasteiger partial charge in [-0.15, -0.1) is 0 Å². The molecular weight excluding hydrogens is 236 g/mol. The summed E-state index contributed by atoms with van der Waals surface area (Å²) in [6, 6.07) is 9.77. The Bertz CT molecular complexity index is 529. The molecule has 0 heterocycles. The van der Waals surface area contributed by atoms with Crippen LogP contribution in [0.3, 0.4) is 0 Å². The number of carbonyl (C=O) groups excluding carboxylic acids is 2. The van der Waals surface area contributed by atoms with Crippen LogP contribution >= 0.6 is 0 Å². The van der Waals surface area contributed by atoms with E-state index in [1.807, 2.05) is 30.3 Å². The summed E-state index contributed by atoms with van der Waals surface area (Å²) >= 11 is 0. The highest BCUT2D eigenvalue weighted by Gasteiger charge is 2.67. The van der Waals surface area contributed by atoms with Gasteiger partial charge in [0.1, 0.15) is 5.78 Å². The van der Waals surface area contributed by atoms with Gasteiger partial charge in [-0.1, -0.05) is 44.2 Å². The summed E-state index contributed by atoms with van der Waals surface area (Å²) in [7, 11) is 0. The molecule has 2 unspecified atom stereocenters. The Morgan fingerprint density at radius 1 is 1.26 bits per heavy atom. The lowest BCUT2D eigenvalue weighted by atomic mass is 9.65. The molecule has 2 fully saturated rings. The number of Topliss-reactive ketones (excluding diaryl/α,β-unsaturated/α-hetero) is 2. The Labute approximate surface area is 114 Å². The number of carbonyl (C=O) groups is 2. The van der Waals surface area contributed by atoms with Crippen LogP contribution in [0.5, 0.6) is 0 Å². The van der Waals surface area contributed by atoms with Crippen molar-refractivity contribution in [2.24, 2.45) is 16.7 Å². The summed E-state index contributed by atoms with van der Waals surface area (Å²) in [6.07, 6.45) is 2.78. The van der Waals surface area contributed by atoms with Crippen LogP contribution in [0.25, 0.3) is 0 Å². The van der Waals surface area contributed by atoms with Gasteiger partial charge in [-0.2, -0.15) is 0 Å². The minimum atomic E-state index is -0.701. The third-order valence-electron chi connectivity index (χ3n) is 5.58. The zero-order valence-corrected chi connectivity index (χ0v) is 11.6. The van der Waals surface area contributed by atoms with E-state index in [1.165, 1.54) is 0 Å². The largest absolute Gasteiger partial charge is 0.299 e. The van der Waals surface area contributed by atoms with Gasteiger partial charge in [0.25, 0.3) is 0 Å². The second-order valence-corrected chi connectivity index (χ2v) is 6.58. The van der Waals surface area contributed by atoms with Gasteiger partial charge in [-0.05, 0) is 29.7 Å². The van der Waals surface area contributed by atoms with Crippen LogP contribution in [0.4, 0.5) is 0 Å². The molecule has 0 radical (unpaired) electrons. The van der Waals surface area contributed by atoms with Crippen LogP contribution in [0.1, 0.15) is 38.7 Å². The fourth-order valence-electron chi connectivity index (χ4n) is 4.26. The van der Waals surface area contributed by atoms with Crippen LogP contribution in [-0.4, -0.2) is 11.6 Å². The maximum atomic E-state index is 12.8. The molecule has 0 aromatic heterocycles. The average Bonchev–Trinajstić information content (AvgIpc) is 2.74. The molecule has 100 valence electrons. The highest BCUT2D eigenvalue weighted by atomic mass is 16.2. The third-order valence-corrected chi connectivity index (χ3v) is 5.58. The Hall–Kier alpha value is -1.44. The smallest absolute Gasteiger partial charge is 0.151 e. The quantitative estimate of drug-likeness (QED) is 0.778. The van der Waals surface area contributed by atoms with Crippen molar-refractivity contribution in [1.29, 1.82) is 0 Å². The molecule has 19 heavy (non-hydrogen) atoms. The van der Waals surface area contributed by atoms with Crippen molar-refractivity contribution < 1.29 is 9.59 Å². The fraction of sp³-hybridized carbons (Fsp3) is 0.529. The topological polar surface area (TPSA) is 34.1 Å². The lowest BCUT2D eigenvalue weighted by Gasteiger charge is -2.35. The molecule has 2 saturated carbocycles. The molecule has 1 aromatic carbocycles. The van der Waals surface area contributed by atoms with Gasteiger partial charge in [-0.3, -0.25) is 9.59 Å². The van der Waals surface area contributed by atoms with Gasteiger partial charge in [0.05, 0.1) is 5.41 Å². The molecule has 0 saturated heterocycles. The molecule has 3 rings (SSSR count). The lowest BCUT2D eigenvalue weighted by Crippen LogP contribution is -2.44. The molecule has 0 N–H and O–H groups in total. The molecule has 1 aromatic rings. The summed E-state index contributed by atoms with van der Waals surface area (Å²) in [5.74, 6) is 0.725. The van der Waals surface area contributed by atoms with Crippen LogP contribution in [0, 0.1) is 16.7 Å². The summed E-state index contributed by atoms with van der Waals surface area (Å²) in [5, 5.41) is 0. The first-order chi connectivity index (χ1) is 8.98. The van der Waals surface area contributed by atoms with E-state index in [0.29, 0.717) is 18.8 Å². The highest BCUT2D eigenvalue weighted by molar-refractivity contribution is 6.10. The maximum absolute atomic E-state index is 12.8. The van der Waals surface area contributed by atoms with E-state index in [9.17, 15) is 9.59 Å². The molecule has 0 amide bonds. The van der Waals surface area contributed by atoms with E-state index >= 15 is 0 Å². The molecular formula is C17H20O2. The number of rotatable bonds is 3. The van der Waals surface area contributed by atoms with Crippen molar-refractivity contribution in [2.45, 2.75) is 39.5 Å². The van der Waals surface area contributed by atoms with E-state index < -0.39 is 5.41 Å². The molecule has 2 aliphatic carbocycles. The monoisotopic (exact) mass is 256 g/mol. The summed E-state index contributed by atoms with van der Waals surface area (Å²) < 4.78 is 0. The molecule has 2 atom stereocenters. The van der Waals surface area contributed by atoms with Crippen LogP contribution in [0.2, 0.25) is 0 Å². The number of hydrogen-bond acceptors (Lipinski definition) is 2. The van der Waals surface area contributed by atoms with Crippen molar-refractivity contribution in [3.63, 3.8) is 0 Å². The van der Waals surface area contributed by atoms with Gasteiger partial charge in [0.15, 0.2) is 5.78 Å². The lowest BCUT2D eigenvalue weighted by molar-refractivity contribution is -0.142. The van der Waals surface area contributed by atoms with E-state index in [4.69, 9.17) is 0 Å². The summed E-state index contributed by atoms with van der Waals surface area (Å²) in [6.45, 7) is 4.22. The first kappa shape index (κ1) is 12.6. The molecule has 0 aliphatic heterocycles. The highest BCUT2D eigenvalue weighted by Crippen LogP contribution is 2.64. The van der Waals surface area contributed by atoms with Crippen molar-refractivity contribution in [3.8, 4) is 0 Å². The van der Waals surface area contributed by atoms with Crippen molar-refractivity contribution in [1.82, 2.24) is 0 Å². The first-order valence-corrected chi connectivity index (χ1v) is 7.09. The summed E-state index contributed by atoms with van der Waals surface area (Å²) in [5.41, 5.74) is 0.157. The SMILES string of the molecule is CC1(C)C2CCC1(C(=O)Cc1ccccc1)C(=O)C2. The molecule has 2 bridgehead atoms. The zero-order chi connectivity index (χ0) is 13.7. The van der Waals surface area contributed by atoms with E-state index in [-0.39, 0.29) is 17.0 Å². The second kappa shape index (κ2) is 4.03. The Morgan fingerprint density at radius 2 is 1.95 bits per heavy atom. The Morgan fingerprint density at radius 3 is 2.47 bits per heavy atom. The number of hydrogen-bond donors (Lipinski definition) is 0. The minimum Gasteiger partial charge on any atom is -0.299 e. The van der Waals surface area contributed by atoms with Crippen LogP contribution in [-0.2, 0) is 16.0 Å². The Balaban J connectivity index is 1.92. The van der Waals surface area contributed by atoms with Crippen LogP contribution < -0.4 is 0 Å². The number of ketones is 2. The van der Waals surface area contributed by atoms with E-state index in [0.717, 1.165) is 18.4 Å². The normalized spacial score (nSPS) is 31.7. The minimum absolute atomic E-state index is 0.133.